The average Bonchev–Trinajstić information content (AvgIpc) is 3.05. The van der Waals surface area contributed by atoms with Gasteiger partial charge in [0.15, 0.2) is 0 Å². The lowest BCUT2D eigenvalue weighted by molar-refractivity contribution is -0.117. The van der Waals surface area contributed by atoms with Gasteiger partial charge in [0.25, 0.3) is 11.7 Å². The van der Waals surface area contributed by atoms with Crippen molar-refractivity contribution in [2.75, 3.05) is 0 Å². The van der Waals surface area contributed by atoms with Crippen LogP contribution in [0, 0.1) is 11.3 Å². The van der Waals surface area contributed by atoms with Gasteiger partial charge in [0.2, 0.25) is 0 Å². The molecule has 2 heterocycles. The standard InChI is InChI=1S/C20H17N3O2/c1-2-15(13-21)22-20(25)19(24)18-17(14-8-4-3-5-9-14)12-16-10-6-7-11-23(16)18/h3-12,15H,2H2,1H3,(H,22,25). The van der Waals surface area contributed by atoms with E-state index in [-0.39, 0.29) is 0 Å². The fourth-order valence-corrected chi connectivity index (χ4v) is 2.75. The quantitative estimate of drug-likeness (QED) is 0.576. The highest BCUT2D eigenvalue weighted by Gasteiger charge is 2.25. The maximum absolute atomic E-state index is 12.8. The number of carbonyl (C=O) groups is 2. The first-order valence-corrected chi connectivity index (χ1v) is 8.06. The van der Waals surface area contributed by atoms with Gasteiger partial charge in [-0.05, 0) is 30.2 Å². The summed E-state index contributed by atoms with van der Waals surface area (Å²) in [5.41, 5.74) is 2.67. The van der Waals surface area contributed by atoms with Crippen LogP contribution < -0.4 is 5.32 Å². The second kappa shape index (κ2) is 7.02. The summed E-state index contributed by atoms with van der Waals surface area (Å²) >= 11 is 0. The van der Waals surface area contributed by atoms with Gasteiger partial charge in [-0.15, -0.1) is 0 Å². The van der Waals surface area contributed by atoms with Crippen LogP contribution in [0.5, 0.6) is 0 Å². The first-order chi connectivity index (χ1) is 12.2. The molecular formula is C20H17N3O2. The molecule has 1 aromatic carbocycles. The molecule has 1 unspecified atom stereocenters. The van der Waals surface area contributed by atoms with Gasteiger partial charge in [0.1, 0.15) is 11.7 Å². The van der Waals surface area contributed by atoms with E-state index in [0.717, 1.165) is 11.1 Å². The Morgan fingerprint density at radius 2 is 1.88 bits per heavy atom. The van der Waals surface area contributed by atoms with Gasteiger partial charge in [-0.3, -0.25) is 9.59 Å². The predicted octanol–water partition coefficient (Wildman–Crippen LogP) is 3.21. The number of rotatable bonds is 5. The van der Waals surface area contributed by atoms with Crippen molar-refractivity contribution in [3.8, 4) is 17.2 Å². The zero-order valence-electron chi connectivity index (χ0n) is 13.8. The largest absolute Gasteiger partial charge is 0.333 e. The number of nitrogens with zero attached hydrogens (tertiary/aromatic N) is 2. The van der Waals surface area contributed by atoms with E-state index >= 15 is 0 Å². The van der Waals surface area contributed by atoms with Crippen molar-refractivity contribution in [2.24, 2.45) is 0 Å². The molecular weight excluding hydrogens is 314 g/mol. The summed E-state index contributed by atoms with van der Waals surface area (Å²) < 4.78 is 1.71. The lowest BCUT2D eigenvalue weighted by Crippen LogP contribution is -2.38. The average molecular weight is 331 g/mol. The maximum Gasteiger partial charge on any atom is 0.295 e. The monoisotopic (exact) mass is 331 g/mol. The Kier molecular flexibility index (Phi) is 4.62. The van der Waals surface area contributed by atoms with Crippen LogP contribution in [0.4, 0.5) is 0 Å². The molecule has 0 aliphatic rings. The number of nitriles is 1. The highest BCUT2D eigenvalue weighted by atomic mass is 16.2. The zero-order valence-corrected chi connectivity index (χ0v) is 13.8. The lowest BCUT2D eigenvalue weighted by atomic mass is 10.0. The minimum absolute atomic E-state index is 0.298. The zero-order chi connectivity index (χ0) is 17.8. The number of pyridine rings is 1. The summed E-state index contributed by atoms with van der Waals surface area (Å²) in [6.45, 7) is 1.78. The second-order valence-electron chi connectivity index (χ2n) is 5.66. The molecule has 2 aromatic heterocycles. The SMILES string of the molecule is CCC(C#N)NC(=O)C(=O)c1c(-c2ccccc2)cc2ccccn12. The topological polar surface area (TPSA) is 74.4 Å². The minimum atomic E-state index is -0.769. The second-order valence-corrected chi connectivity index (χ2v) is 5.66. The Balaban J connectivity index is 2.10. The van der Waals surface area contributed by atoms with Gasteiger partial charge >= 0.3 is 0 Å². The number of nitrogens with one attached hydrogen (secondary N) is 1. The van der Waals surface area contributed by atoms with Crippen LogP contribution in [-0.2, 0) is 4.79 Å². The molecule has 0 spiro atoms. The number of ketones is 1. The van der Waals surface area contributed by atoms with Gasteiger partial charge in [-0.25, -0.2) is 0 Å². The van der Waals surface area contributed by atoms with Crippen molar-refractivity contribution in [1.29, 1.82) is 5.26 Å². The Morgan fingerprint density at radius 1 is 1.16 bits per heavy atom. The van der Waals surface area contributed by atoms with Crippen molar-refractivity contribution < 1.29 is 9.59 Å². The highest BCUT2D eigenvalue weighted by Crippen LogP contribution is 2.28. The molecule has 0 aliphatic carbocycles. The van der Waals surface area contributed by atoms with Crippen molar-refractivity contribution in [3.05, 3.63) is 66.5 Å². The van der Waals surface area contributed by atoms with Crippen LogP contribution >= 0.6 is 0 Å². The van der Waals surface area contributed by atoms with Crippen LogP contribution in [0.1, 0.15) is 23.8 Å². The minimum Gasteiger partial charge on any atom is -0.333 e. The molecule has 3 rings (SSSR count). The third-order valence-corrected chi connectivity index (χ3v) is 4.06. The Bertz CT molecular complexity index is 968. The number of fused-ring (bicyclic) bond motifs is 1. The fraction of sp³-hybridized carbons (Fsp3) is 0.150. The van der Waals surface area contributed by atoms with E-state index in [2.05, 4.69) is 5.32 Å². The van der Waals surface area contributed by atoms with E-state index in [1.807, 2.05) is 54.6 Å². The molecule has 3 aromatic rings. The number of benzene rings is 1. The molecule has 0 fully saturated rings. The molecule has 0 saturated carbocycles. The van der Waals surface area contributed by atoms with E-state index < -0.39 is 17.7 Å². The highest BCUT2D eigenvalue weighted by molar-refractivity contribution is 6.43. The number of hydrogen-bond donors (Lipinski definition) is 1. The Morgan fingerprint density at radius 3 is 2.56 bits per heavy atom. The molecule has 0 radical (unpaired) electrons. The number of amides is 1. The summed E-state index contributed by atoms with van der Waals surface area (Å²) in [7, 11) is 0. The molecule has 1 N–H and O–H groups in total. The predicted molar refractivity (Wildman–Crippen MR) is 95.0 cm³/mol. The Labute approximate surface area is 145 Å². The van der Waals surface area contributed by atoms with Gasteiger partial charge in [0, 0.05) is 17.3 Å². The van der Waals surface area contributed by atoms with Crippen molar-refractivity contribution >= 4 is 17.2 Å². The molecule has 1 amide bonds. The summed E-state index contributed by atoms with van der Waals surface area (Å²) in [6.07, 6.45) is 2.19. The molecule has 0 bridgehead atoms. The van der Waals surface area contributed by atoms with Crippen LogP contribution in [0.2, 0.25) is 0 Å². The lowest BCUT2D eigenvalue weighted by Gasteiger charge is -2.10. The molecule has 25 heavy (non-hydrogen) atoms. The first kappa shape index (κ1) is 16.5. The number of hydrogen-bond acceptors (Lipinski definition) is 3. The third-order valence-electron chi connectivity index (χ3n) is 4.06. The number of carbonyl (C=O) groups excluding carboxylic acids is 2. The molecule has 0 aliphatic heterocycles. The van der Waals surface area contributed by atoms with Crippen LogP contribution in [-0.4, -0.2) is 22.1 Å². The Hall–Kier alpha value is -3.39. The molecule has 5 heteroatoms. The number of Topliss-reactive ketones (excluding diaryl/α,β-unsaturated/α-hetero) is 1. The van der Waals surface area contributed by atoms with Gasteiger partial charge in [0.05, 0.1) is 6.07 Å². The van der Waals surface area contributed by atoms with E-state index in [1.54, 1.807) is 23.6 Å². The van der Waals surface area contributed by atoms with Gasteiger partial charge in [-0.1, -0.05) is 43.3 Å². The molecule has 5 nitrogen and oxygen atoms in total. The first-order valence-electron chi connectivity index (χ1n) is 8.06. The van der Waals surface area contributed by atoms with Crippen molar-refractivity contribution in [1.82, 2.24) is 9.72 Å². The maximum atomic E-state index is 12.8. The third kappa shape index (κ3) is 3.15. The van der Waals surface area contributed by atoms with E-state index in [0.29, 0.717) is 17.7 Å². The summed E-state index contributed by atoms with van der Waals surface area (Å²) in [5.74, 6) is -1.42. The molecule has 0 saturated heterocycles. The van der Waals surface area contributed by atoms with E-state index in [4.69, 9.17) is 5.26 Å². The summed E-state index contributed by atoms with van der Waals surface area (Å²) in [4.78, 5) is 25.2. The van der Waals surface area contributed by atoms with Crippen LogP contribution in [0.15, 0.2) is 60.8 Å². The normalized spacial score (nSPS) is 11.7. The van der Waals surface area contributed by atoms with Crippen LogP contribution in [0.3, 0.4) is 0 Å². The van der Waals surface area contributed by atoms with Crippen molar-refractivity contribution in [3.63, 3.8) is 0 Å². The van der Waals surface area contributed by atoms with Gasteiger partial charge in [-0.2, -0.15) is 5.26 Å². The fourth-order valence-electron chi connectivity index (χ4n) is 2.75. The number of aromatic nitrogens is 1. The smallest absolute Gasteiger partial charge is 0.295 e. The summed E-state index contributed by atoms with van der Waals surface area (Å²) in [6, 6.07) is 18.2. The van der Waals surface area contributed by atoms with E-state index in [1.165, 1.54) is 0 Å². The van der Waals surface area contributed by atoms with Gasteiger partial charge < -0.3 is 9.72 Å². The molecule has 1 atom stereocenters. The summed E-state index contributed by atoms with van der Waals surface area (Å²) in [5, 5.41) is 11.5. The van der Waals surface area contributed by atoms with Crippen LogP contribution in [0.25, 0.3) is 16.6 Å². The van der Waals surface area contributed by atoms with E-state index in [9.17, 15) is 9.59 Å². The van der Waals surface area contributed by atoms with Crippen molar-refractivity contribution in [2.45, 2.75) is 19.4 Å². The molecule has 124 valence electrons.